The van der Waals surface area contributed by atoms with Crippen LogP contribution in [0.5, 0.6) is 0 Å². The predicted molar refractivity (Wildman–Crippen MR) is 74.5 cm³/mol. The van der Waals surface area contributed by atoms with Gasteiger partial charge < -0.3 is 14.8 Å². The fourth-order valence-corrected chi connectivity index (χ4v) is 1.84. The first kappa shape index (κ1) is 15.5. The third-order valence-corrected chi connectivity index (χ3v) is 2.93. The molecule has 5 nitrogen and oxygen atoms in total. The molecule has 0 aliphatic heterocycles. The molecule has 0 saturated heterocycles. The lowest BCUT2D eigenvalue weighted by molar-refractivity contribution is -0.141. The normalized spacial score (nSPS) is 12.5. The van der Waals surface area contributed by atoms with Crippen molar-refractivity contribution in [3.63, 3.8) is 0 Å². The highest BCUT2D eigenvalue weighted by Gasteiger charge is 2.16. The minimum atomic E-state index is -0.888. The second-order valence-electron chi connectivity index (χ2n) is 4.04. The molecule has 1 atom stereocenters. The summed E-state index contributed by atoms with van der Waals surface area (Å²) in [5, 5.41) is 11.5. The van der Waals surface area contributed by atoms with E-state index in [1.807, 2.05) is 6.92 Å². The second-order valence-corrected chi connectivity index (χ2v) is 4.83. The number of rotatable bonds is 7. The number of aliphatic carboxylic acids is 1. The van der Waals surface area contributed by atoms with Gasteiger partial charge in [-0.05, 0) is 40.6 Å². The molecule has 0 radical (unpaired) electrons. The minimum absolute atomic E-state index is 0.133. The van der Waals surface area contributed by atoms with Crippen molar-refractivity contribution in [3.05, 3.63) is 28.6 Å². The van der Waals surface area contributed by atoms with E-state index in [1.54, 1.807) is 12.1 Å². The molecule has 1 unspecified atom stereocenters. The molecule has 0 saturated carbocycles. The van der Waals surface area contributed by atoms with Crippen molar-refractivity contribution in [1.29, 1.82) is 0 Å². The van der Waals surface area contributed by atoms with Gasteiger partial charge in [0.05, 0.1) is 5.92 Å². The molecule has 1 aromatic heterocycles. The Morgan fingerprint density at radius 2 is 2.26 bits per heavy atom. The monoisotopic (exact) mass is 329 g/mol. The maximum atomic E-state index is 11.5. The van der Waals surface area contributed by atoms with Gasteiger partial charge in [-0.3, -0.25) is 9.59 Å². The second kappa shape index (κ2) is 7.78. The Morgan fingerprint density at radius 1 is 1.53 bits per heavy atom. The van der Waals surface area contributed by atoms with Crippen LogP contribution in [-0.4, -0.2) is 23.5 Å². The zero-order valence-corrected chi connectivity index (χ0v) is 12.1. The highest BCUT2D eigenvalue weighted by Crippen LogP contribution is 2.14. The van der Waals surface area contributed by atoms with Gasteiger partial charge in [0.2, 0.25) is 5.91 Å². The number of carboxylic acids is 1. The average Bonchev–Trinajstić information content (AvgIpc) is 2.77. The number of carbonyl (C=O) groups excluding carboxylic acids is 1. The number of hydrogen-bond donors (Lipinski definition) is 2. The van der Waals surface area contributed by atoms with Gasteiger partial charge in [-0.25, -0.2) is 0 Å². The van der Waals surface area contributed by atoms with Crippen LogP contribution in [-0.2, 0) is 9.59 Å². The Kier molecular flexibility index (Phi) is 6.35. The average molecular weight is 330 g/mol. The van der Waals surface area contributed by atoms with E-state index < -0.39 is 11.9 Å². The summed E-state index contributed by atoms with van der Waals surface area (Å²) in [4.78, 5) is 22.4. The highest BCUT2D eigenvalue weighted by molar-refractivity contribution is 9.10. The molecular formula is C13H16BrNO4. The molecule has 19 heavy (non-hydrogen) atoms. The first-order chi connectivity index (χ1) is 9.02. The van der Waals surface area contributed by atoms with Crippen LogP contribution in [0, 0.1) is 5.92 Å². The molecule has 0 aliphatic rings. The quantitative estimate of drug-likeness (QED) is 0.754. The molecule has 0 bridgehead atoms. The van der Waals surface area contributed by atoms with E-state index in [9.17, 15) is 9.59 Å². The first-order valence-corrected chi connectivity index (χ1v) is 6.76. The summed E-state index contributed by atoms with van der Waals surface area (Å²) in [6.45, 7) is 2.04. The Bertz CT molecular complexity index is 467. The number of nitrogens with one attached hydrogen (secondary N) is 1. The zero-order chi connectivity index (χ0) is 14.3. The van der Waals surface area contributed by atoms with Crippen LogP contribution < -0.4 is 5.32 Å². The van der Waals surface area contributed by atoms with Crippen molar-refractivity contribution in [2.75, 3.05) is 6.54 Å². The summed E-state index contributed by atoms with van der Waals surface area (Å²) in [6.07, 6.45) is 4.15. The molecule has 0 aliphatic carbocycles. The molecule has 1 aromatic rings. The molecule has 0 aromatic carbocycles. The van der Waals surface area contributed by atoms with Crippen LogP contribution >= 0.6 is 15.9 Å². The van der Waals surface area contributed by atoms with Gasteiger partial charge in [-0.15, -0.1) is 0 Å². The van der Waals surface area contributed by atoms with E-state index in [-0.39, 0.29) is 12.5 Å². The molecule has 104 valence electrons. The lowest BCUT2D eigenvalue weighted by Gasteiger charge is -2.10. The molecule has 1 rings (SSSR count). The van der Waals surface area contributed by atoms with Gasteiger partial charge >= 0.3 is 5.97 Å². The van der Waals surface area contributed by atoms with E-state index >= 15 is 0 Å². The zero-order valence-electron chi connectivity index (χ0n) is 10.6. The topological polar surface area (TPSA) is 79.5 Å². The number of carboxylic acid groups (broad SMARTS) is 1. The lowest BCUT2D eigenvalue weighted by Crippen LogP contribution is -2.31. The van der Waals surface area contributed by atoms with Crippen LogP contribution in [0.3, 0.4) is 0 Å². The predicted octanol–water partition coefficient (Wildman–Crippen LogP) is 2.67. The van der Waals surface area contributed by atoms with Crippen molar-refractivity contribution < 1.29 is 19.1 Å². The number of carbonyl (C=O) groups is 2. The summed E-state index contributed by atoms with van der Waals surface area (Å²) in [6, 6.07) is 3.43. The standard InChI is InChI=1S/C13H16BrNO4/c1-2-3-9(13(17)18)8-15-12(16)7-5-10-4-6-11(14)19-10/h4-7,9H,2-3,8H2,1H3,(H,15,16)(H,17,18). The van der Waals surface area contributed by atoms with E-state index in [0.29, 0.717) is 16.9 Å². The van der Waals surface area contributed by atoms with Gasteiger partial charge in [0.25, 0.3) is 0 Å². The van der Waals surface area contributed by atoms with Crippen LogP contribution in [0.15, 0.2) is 27.3 Å². The molecule has 0 fully saturated rings. The van der Waals surface area contributed by atoms with Crippen LogP contribution in [0.1, 0.15) is 25.5 Å². The van der Waals surface area contributed by atoms with Crippen molar-refractivity contribution in [1.82, 2.24) is 5.32 Å². The first-order valence-electron chi connectivity index (χ1n) is 5.97. The number of furan rings is 1. The number of hydrogen-bond acceptors (Lipinski definition) is 3. The molecule has 2 N–H and O–H groups in total. The summed E-state index contributed by atoms with van der Waals surface area (Å²) in [5.41, 5.74) is 0. The third-order valence-electron chi connectivity index (χ3n) is 2.50. The van der Waals surface area contributed by atoms with Gasteiger partial charge in [-0.2, -0.15) is 0 Å². The molecular weight excluding hydrogens is 314 g/mol. The van der Waals surface area contributed by atoms with Crippen molar-refractivity contribution in [2.24, 2.45) is 5.92 Å². The largest absolute Gasteiger partial charge is 0.481 e. The molecule has 1 amide bonds. The fraction of sp³-hybridized carbons (Fsp3) is 0.385. The van der Waals surface area contributed by atoms with Gasteiger partial charge in [0.15, 0.2) is 4.67 Å². The fourth-order valence-electron chi connectivity index (χ4n) is 1.52. The summed E-state index contributed by atoms with van der Waals surface area (Å²) < 4.78 is 5.78. The van der Waals surface area contributed by atoms with Crippen LogP contribution in [0.25, 0.3) is 6.08 Å². The van der Waals surface area contributed by atoms with Crippen LogP contribution in [0.2, 0.25) is 0 Å². The molecule has 6 heteroatoms. The summed E-state index contributed by atoms with van der Waals surface area (Å²) in [7, 11) is 0. The Balaban J connectivity index is 2.42. The van der Waals surface area contributed by atoms with Crippen molar-refractivity contribution in [2.45, 2.75) is 19.8 Å². The Morgan fingerprint density at radius 3 is 2.79 bits per heavy atom. The van der Waals surface area contributed by atoms with Gasteiger partial charge in [0.1, 0.15) is 5.76 Å². The van der Waals surface area contributed by atoms with E-state index in [0.717, 1.165) is 6.42 Å². The maximum absolute atomic E-state index is 11.5. The Hall–Kier alpha value is -1.56. The summed E-state index contributed by atoms with van der Waals surface area (Å²) in [5.74, 6) is -1.22. The Labute approximate surface area is 119 Å². The van der Waals surface area contributed by atoms with Gasteiger partial charge in [-0.1, -0.05) is 13.3 Å². The number of halogens is 1. The summed E-state index contributed by atoms with van der Waals surface area (Å²) >= 11 is 3.16. The molecule has 1 heterocycles. The van der Waals surface area contributed by atoms with Gasteiger partial charge in [0, 0.05) is 12.6 Å². The van der Waals surface area contributed by atoms with E-state index in [1.165, 1.54) is 12.2 Å². The maximum Gasteiger partial charge on any atom is 0.308 e. The lowest BCUT2D eigenvalue weighted by atomic mass is 10.0. The van der Waals surface area contributed by atoms with E-state index in [2.05, 4.69) is 21.2 Å². The SMILES string of the molecule is CCCC(CNC(=O)C=Cc1ccc(Br)o1)C(=O)O. The number of amides is 1. The minimum Gasteiger partial charge on any atom is -0.481 e. The van der Waals surface area contributed by atoms with Crippen LogP contribution in [0.4, 0.5) is 0 Å². The highest BCUT2D eigenvalue weighted by atomic mass is 79.9. The third kappa shape index (κ3) is 5.74. The van der Waals surface area contributed by atoms with Crippen molar-refractivity contribution >= 4 is 33.9 Å². The smallest absolute Gasteiger partial charge is 0.308 e. The van der Waals surface area contributed by atoms with Crippen molar-refractivity contribution in [3.8, 4) is 0 Å². The molecule has 0 spiro atoms. The van der Waals surface area contributed by atoms with E-state index in [4.69, 9.17) is 9.52 Å².